The van der Waals surface area contributed by atoms with Gasteiger partial charge in [-0.15, -0.1) is 0 Å². The molecule has 1 fully saturated rings. The Bertz CT molecular complexity index is 720. The number of unbranched alkanes of at least 4 members (excludes halogenated alkanes) is 10. The van der Waals surface area contributed by atoms with Crippen LogP contribution in [0.15, 0.2) is 12.1 Å². The summed E-state index contributed by atoms with van der Waals surface area (Å²) in [6, 6.07) is 3.38. The molecule has 1 aliphatic carbocycles. The first-order chi connectivity index (χ1) is 17.1. The summed E-state index contributed by atoms with van der Waals surface area (Å²) in [7, 11) is -0.270. The minimum atomic E-state index is -1.78. The first-order valence-corrected chi connectivity index (χ1v) is 15.8. The Hall–Kier alpha value is -0.930. The highest BCUT2D eigenvalue weighted by Crippen LogP contribution is 2.40. The van der Waals surface area contributed by atoms with Crippen molar-refractivity contribution >= 4 is 8.03 Å². The normalized spacial score (nSPS) is 19.1. The number of hydrogen-bond donors (Lipinski definition) is 0. The van der Waals surface area contributed by atoms with Gasteiger partial charge in [-0.2, -0.15) is 4.39 Å². The molecule has 1 aromatic rings. The third kappa shape index (κ3) is 11.8. The maximum atomic E-state index is 14.8. The predicted octanol–water partition coefficient (Wildman–Crippen LogP) is 9.83. The van der Waals surface area contributed by atoms with Gasteiger partial charge in [0.25, 0.3) is 0 Å². The molecule has 2 rings (SSSR count). The number of rotatable bonds is 19. The Morgan fingerprint density at radius 2 is 1.46 bits per heavy atom. The maximum Gasteiger partial charge on any atom is 0.200 e. The van der Waals surface area contributed by atoms with E-state index in [-0.39, 0.29) is 11.7 Å². The van der Waals surface area contributed by atoms with Crippen molar-refractivity contribution in [1.82, 2.24) is 0 Å². The molecule has 0 heterocycles. The van der Waals surface area contributed by atoms with Crippen LogP contribution in [0, 0.1) is 17.6 Å². The molecule has 1 unspecified atom stereocenters. The van der Waals surface area contributed by atoms with Crippen LogP contribution >= 0.6 is 8.03 Å². The van der Waals surface area contributed by atoms with Crippen molar-refractivity contribution in [3.63, 3.8) is 0 Å². The van der Waals surface area contributed by atoms with Crippen LogP contribution in [-0.2, 0) is 9.09 Å². The molecule has 0 saturated heterocycles. The largest absolute Gasteiger partial charge is 0.490 e. The molecule has 0 aromatic heterocycles. The number of benzene rings is 1. The number of ether oxygens (including phenoxy) is 1. The lowest BCUT2D eigenvalue weighted by atomic mass is 9.77. The van der Waals surface area contributed by atoms with Crippen LogP contribution < -0.4 is 4.74 Å². The minimum Gasteiger partial charge on any atom is -0.490 e. The van der Waals surface area contributed by atoms with Crippen LogP contribution in [0.3, 0.4) is 0 Å². The lowest BCUT2D eigenvalue weighted by molar-refractivity contribution is 0.279. The third-order valence-corrected chi connectivity index (χ3v) is 8.81. The molecule has 1 saturated carbocycles. The van der Waals surface area contributed by atoms with Crippen LogP contribution in [-0.4, -0.2) is 19.9 Å². The zero-order valence-electron chi connectivity index (χ0n) is 22.2. The lowest BCUT2D eigenvalue weighted by Gasteiger charge is -2.29. The summed E-state index contributed by atoms with van der Waals surface area (Å²) in [6.07, 6.45) is 19.9. The van der Waals surface area contributed by atoms with Gasteiger partial charge in [0.05, 0.1) is 6.61 Å². The van der Waals surface area contributed by atoms with Gasteiger partial charge in [0.15, 0.2) is 19.6 Å². The predicted molar refractivity (Wildman–Crippen MR) is 143 cm³/mol. The Labute approximate surface area is 213 Å². The van der Waals surface area contributed by atoms with E-state index in [2.05, 4.69) is 6.92 Å². The van der Waals surface area contributed by atoms with Gasteiger partial charge < -0.3 is 9.26 Å². The minimum absolute atomic E-state index is 0.0514. The van der Waals surface area contributed by atoms with Crippen molar-refractivity contribution in [3.05, 3.63) is 29.3 Å². The van der Waals surface area contributed by atoms with E-state index in [4.69, 9.17) is 9.26 Å². The van der Waals surface area contributed by atoms with E-state index in [1.165, 1.54) is 58.5 Å². The molecule has 3 nitrogen and oxygen atoms in total. The van der Waals surface area contributed by atoms with Crippen LogP contribution in [0.25, 0.3) is 0 Å². The van der Waals surface area contributed by atoms with Crippen molar-refractivity contribution in [1.29, 1.82) is 0 Å². The van der Waals surface area contributed by atoms with Crippen molar-refractivity contribution in [2.75, 3.05) is 19.9 Å². The van der Waals surface area contributed by atoms with E-state index in [9.17, 15) is 13.3 Å². The van der Waals surface area contributed by atoms with E-state index in [1.54, 1.807) is 12.1 Å². The van der Waals surface area contributed by atoms with Crippen molar-refractivity contribution in [3.8, 4) is 5.75 Å². The van der Waals surface area contributed by atoms with Crippen LogP contribution in [0.4, 0.5) is 8.78 Å². The van der Waals surface area contributed by atoms with Crippen molar-refractivity contribution in [2.24, 2.45) is 5.92 Å². The molecular weight excluding hydrogens is 465 g/mol. The molecule has 35 heavy (non-hydrogen) atoms. The Balaban J connectivity index is 1.57. The van der Waals surface area contributed by atoms with Crippen LogP contribution in [0.5, 0.6) is 5.75 Å². The van der Waals surface area contributed by atoms with E-state index < -0.39 is 19.7 Å². The quantitative estimate of drug-likeness (QED) is 0.136. The van der Waals surface area contributed by atoms with Gasteiger partial charge in [0.2, 0.25) is 5.82 Å². The van der Waals surface area contributed by atoms with E-state index in [0.717, 1.165) is 63.7 Å². The molecule has 1 aromatic carbocycles. The van der Waals surface area contributed by atoms with E-state index in [1.807, 2.05) is 0 Å². The zero-order valence-corrected chi connectivity index (χ0v) is 23.2. The van der Waals surface area contributed by atoms with Gasteiger partial charge in [-0.25, -0.2) is 4.39 Å². The molecule has 0 spiro atoms. The topological polar surface area (TPSA) is 35.5 Å². The van der Waals surface area contributed by atoms with E-state index >= 15 is 0 Å². The highest BCUT2D eigenvalue weighted by atomic mass is 31.1. The molecule has 0 aliphatic heterocycles. The average molecular weight is 515 g/mol. The Morgan fingerprint density at radius 1 is 0.829 bits per heavy atom. The standard InChI is InChI=1S/C29H49F2O3P/c1-3-4-12-15-24-16-18-25(19-17-24)26-20-21-27(29(31)28(26)30)34-22-13-10-8-6-5-7-9-11-14-23-35(32)33-2/h20-21,24-25,35H,3-19,22-23H2,1-2H3. The van der Waals surface area contributed by atoms with Crippen LogP contribution in [0.2, 0.25) is 0 Å². The molecule has 0 amide bonds. The highest BCUT2D eigenvalue weighted by molar-refractivity contribution is 7.39. The fourth-order valence-corrected chi connectivity index (χ4v) is 6.05. The number of halogens is 2. The first-order valence-electron chi connectivity index (χ1n) is 14.2. The van der Waals surface area contributed by atoms with Gasteiger partial charge in [0.1, 0.15) is 0 Å². The van der Waals surface area contributed by atoms with Gasteiger partial charge >= 0.3 is 0 Å². The molecule has 1 atom stereocenters. The fourth-order valence-electron chi connectivity index (χ4n) is 5.31. The summed E-state index contributed by atoms with van der Waals surface area (Å²) >= 11 is 0. The summed E-state index contributed by atoms with van der Waals surface area (Å²) in [5, 5.41) is 0. The first kappa shape index (κ1) is 30.3. The summed E-state index contributed by atoms with van der Waals surface area (Å²) in [5.74, 6) is -0.574. The van der Waals surface area contributed by atoms with Gasteiger partial charge in [-0.1, -0.05) is 83.6 Å². The second-order valence-electron chi connectivity index (χ2n) is 10.4. The molecule has 202 valence electrons. The fraction of sp³-hybridized carbons (Fsp3) is 0.793. The summed E-state index contributed by atoms with van der Waals surface area (Å²) in [4.78, 5) is 0. The summed E-state index contributed by atoms with van der Waals surface area (Å²) < 4.78 is 51.1. The summed E-state index contributed by atoms with van der Waals surface area (Å²) in [6.45, 7) is 2.66. The summed E-state index contributed by atoms with van der Waals surface area (Å²) in [5.41, 5.74) is 0.537. The second-order valence-corrected chi connectivity index (χ2v) is 12.0. The SMILES string of the molecule is CCCCCC1CCC(c2ccc(OCCCCCCCCCCC[PH](=O)OC)c(F)c2F)CC1. The van der Waals surface area contributed by atoms with Crippen molar-refractivity contribution < 1.29 is 22.6 Å². The molecule has 0 radical (unpaired) electrons. The van der Waals surface area contributed by atoms with Gasteiger partial charge in [0, 0.05) is 13.3 Å². The molecular formula is C29H49F2O3P. The van der Waals surface area contributed by atoms with Crippen molar-refractivity contribution in [2.45, 2.75) is 122 Å². The molecule has 0 bridgehead atoms. The average Bonchev–Trinajstić information content (AvgIpc) is 2.87. The number of hydrogen-bond acceptors (Lipinski definition) is 3. The van der Waals surface area contributed by atoms with Gasteiger partial charge in [-0.05, 0) is 62.0 Å². The Morgan fingerprint density at radius 3 is 2.09 bits per heavy atom. The second kappa shape index (κ2) is 18.3. The zero-order chi connectivity index (χ0) is 25.3. The van der Waals surface area contributed by atoms with Crippen LogP contribution in [0.1, 0.15) is 128 Å². The lowest BCUT2D eigenvalue weighted by Crippen LogP contribution is -2.15. The van der Waals surface area contributed by atoms with E-state index in [0.29, 0.717) is 18.3 Å². The molecule has 0 N–H and O–H groups in total. The molecule has 6 heteroatoms. The maximum absolute atomic E-state index is 14.8. The highest BCUT2D eigenvalue weighted by Gasteiger charge is 2.26. The smallest absolute Gasteiger partial charge is 0.200 e. The molecule has 1 aliphatic rings. The Kier molecular flexibility index (Phi) is 15.9. The third-order valence-electron chi connectivity index (χ3n) is 7.59. The monoisotopic (exact) mass is 514 g/mol. The van der Waals surface area contributed by atoms with Gasteiger partial charge in [-0.3, -0.25) is 4.57 Å².